The summed E-state index contributed by atoms with van der Waals surface area (Å²) in [6, 6.07) is 16.3. The number of hydrazine groups is 1. The maximum absolute atomic E-state index is 12.7. The Bertz CT molecular complexity index is 1950. The molecule has 0 aliphatic carbocycles. The first-order valence-electron chi connectivity index (χ1n) is 11.8. The molecular weight excluding hydrogens is 534 g/mol. The van der Waals surface area contributed by atoms with Crippen molar-refractivity contribution < 1.29 is 14.7 Å². The van der Waals surface area contributed by atoms with Gasteiger partial charge in [0.25, 0.3) is 5.91 Å². The molecule has 3 rings (SSSR count). The number of benzene rings is 3. The van der Waals surface area contributed by atoms with Crippen molar-refractivity contribution in [2.45, 2.75) is 13.5 Å². The van der Waals surface area contributed by atoms with Crippen molar-refractivity contribution in [3.8, 4) is 88.6 Å². The van der Waals surface area contributed by atoms with E-state index in [2.05, 4.69) is 99.1 Å². The van der Waals surface area contributed by atoms with Crippen molar-refractivity contribution in [1.29, 1.82) is 0 Å². The van der Waals surface area contributed by atoms with Crippen LogP contribution in [0, 0.1) is 82.9 Å². The zero-order valence-electron chi connectivity index (χ0n) is 21.5. The molecule has 0 fully saturated rings. The number of amides is 2. The number of hydrogen-bond donors (Lipinski definition) is 4. The standard InChI is InChI=1S/C34H18ClN3O3/c1-2-3-4-5-6-7-8-9-10-11-12-13-17-23-31(39)37-38-34(41)28-24-29(35)32-27(33(28)40)21-18-22-30(32)36-25-26-19-15-14-16-20-26/h14-16,18-22,24,36,40H,25H2,1H3,(H,37,39)(H,38,41). The summed E-state index contributed by atoms with van der Waals surface area (Å²) >= 11 is 6.51. The summed E-state index contributed by atoms with van der Waals surface area (Å²) < 4.78 is 0. The van der Waals surface area contributed by atoms with E-state index < -0.39 is 11.8 Å². The van der Waals surface area contributed by atoms with Crippen LogP contribution < -0.4 is 16.2 Å². The molecule has 0 saturated carbocycles. The lowest BCUT2D eigenvalue weighted by molar-refractivity contribution is -0.116. The molecule has 2 amide bonds. The number of anilines is 1. The molecule has 7 heteroatoms. The SMILES string of the molecule is CC#CC#CC#CC#CC#CC#CC#CC(=O)NNC(=O)c1cc(Cl)c2c(NCc3ccccc3)cccc2c1O. The monoisotopic (exact) mass is 551 g/mol. The molecule has 194 valence electrons. The summed E-state index contributed by atoms with van der Waals surface area (Å²) in [4.78, 5) is 24.6. The molecule has 0 radical (unpaired) electrons. The van der Waals surface area contributed by atoms with Gasteiger partial charge in [0.2, 0.25) is 0 Å². The van der Waals surface area contributed by atoms with E-state index >= 15 is 0 Å². The van der Waals surface area contributed by atoms with Crippen molar-refractivity contribution in [2.24, 2.45) is 0 Å². The smallest absolute Gasteiger partial charge is 0.315 e. The van der Waals surface area contributed by atoms with Crippen LogP contribution in [0.5, 0.6) is 5.75 Å². The molecule has 0 heterocycles. The topological polar surface area (TPSA) is 90.5 Å². The Balaban J connectivity index is 1.60. The van der Waals surface area contributed by atoms with Crippen molar-refractivity contribution in [3.63, 3.8) is 0 Å². The van der Waals surface area contributed by atoms with Crippen LogP contribution in [0.2, 0.25) is 5.02 Å². The van der Waals surface area contributed by atoms with E-state index in [-0.39, 0.29) is 16.3 Å². The molecule has 0 atom stereocenters. The highest BCUT2D eigenvalue weighted by molar-refractivity contribution is 6.37. The van der Waals surface area contributed by atoms with Gasteiger partial charge in [0, 0.05) is 28.9 Å². The Morgan fingerprint density at radius 1 is 0.780 bits per heavy atom. The highest BCUT2D eigenvalue weighted by atomic mass is 35.5. The summed E-state index contributed by atoms with van der Waals surface area (Å²) in [7, 11) is 0. The second-order valence-electron chi connectivity index (χ2n) is 7.61. The third-order valence-electron chi connectivity index (χ3n) is 4.93. The van der Waals surface area contributed by atoms with Crippen molar-refractivity contribution in [1.82, 2.24) is 10.9 Å². The van der Waals surface area contributed by atoms with Crippen LogP contribution in [-0.2, 0) is 11.3 Å². The number of aromatic hydroxyl groups is 1. The van der Waals surface area contributed by atoms with Crippen LogP contribution in [0.1, 0.15) is 22.8 Å². The summed E-state index contributed by atoms with van der Waals surface area (Å²) in [6.45, 7) is 2.21. The van der Waals surface area contributed by atoms with Gasteiger partial charge in [-0.1, -0.05) is 60.0 Å². The third-order valence-corrected chi connectivity index (χ3v) is 5.23. The summed E-state index contributed by atoms with van der Waals surface area (Å²) in [5.41, 5.74) is 5.95. The Morgan fingerprint density at radius 3 is 2.02 bits per heavy atom. The van der Waals surface area contributed by atoms with Gasteiger partial charge in [-0.05, 0) is 95.7 Å². The molecule has 41 heavy (non-hydrogen) atoms. The minimum absolute atomic E-state index is 0.126. The minimum Gasteiger partial charge on any atom is -0.506 e. The fourth-order valence-corrected chi connectivity index (χ4v) is 3.52. The minimum atomic E-state index is -0.830. The van der Waals surface area contributed by atoms with E-state index in [1.807, 2.05) is 36.4 Å². The van der Waals surface area contributed by atoms with Crippen LogP contribution in [0.4, 0.5) is 5.69 Å². The lowest BCUT2D eigenvalue weighted by Gasteiger charge is -2.14. The first-order chi connectivity index (χ1) is 20.0. The molecule has 3 aromatic rings. The number of phenolic OH excluding ortho intramolecular Hbond substituents is 1. The van der Waals surface area contributed by atoms with Gasteiger partial charge < -0.3 is 10.4 Å². The molecule has 0 aliphatic rings. The van der Waals surface area contributed by atoms with E-state index in [1.165, 1.54) is 6.07 Å². The second-order valence-corrected chi connectivity index (χ2v) is 8.01. The van der Waals surface area contributed by atoms with Crippen molar-refractivity contribution in [3.05, 3.63) is 70.7 Å². The number of rotatable bonds is 4. The molecule has 0 aromatic heterocycles. The average molecular weight is 552 g/mol. The number of nitrogens with one attached hydrogen (secondary N) is 3. The lowest BCUT2D eigenvalue weighted by atomic mass is 10.0. The predicted octanol–water partition coefficient (Wildman–Crippen LogP) is 3.62. The highest BCUT2D eigenvalue weighted by Crippen LogP contribution is 2.38. The van der Waals surface area contributed by atoms with E-state index in [1.54, 1.807) is 19.1 Å². The van der Waals surface area contributed by atoms with Gasteiger partial charge in [-0.2, -0.15) is 0 Å². The molecule has 0 saturated heterocycles. The number of hydrogen-bond acceptors (Lipinski definition) is 4. The van der Waals surface area contributed by atoms with E-state index in [9.17, 15) is 14.7 Å². The first kappa shape index (κ1) is 29.2. The number of carbonyl (C=O) groups is 2. The molecular formula is C34H18ClN3O3. The zero-order valence-corrected chi connectivity index (χ0v) is 22.3. The van der Waals surface area contributed by atoms with Gasteiger partial charge in [0.05, 0.1) is 10.6 Å². The van der Waals surface area contributed by atoms with E-state index in [4.69, 9.17) is 11.6 Å². The first-order valence-corrected chi connectivity index (χ1v) is 12.1. The number of carbonyl (C=O) groups excluding carboxylic acids is 2. The highest BCUT2D eigenvalue weighted by Gasteiger charge is 2.18. The Hall–Kier alpha value is -6.33. The third kappa shape index (κ3) is 9.17. The van der Waals surface area contributed by atoms with Gasteiger partial charge in [-0.25, -0.2) is 0 Å². The van der Waals surface area contributed by atoms with Crippen LogP contribution in [-0.4, -0.2) is 16.9 Å². The fraction of sp³-hybridized carbons (Fsp3) is 0.0588. The molecule has 4 N–H and O–H groups in total. The Labute approximate surface area is 243 Å². The van der Waals surface area contributed by atoms with Crippen molar-refractivity contribution >= 4 is 39.9 Å². The molecule has 6 nitrogen and oxygen atoms in total. The zero-order chi connectivity index (χ0) is 29.3. The van der Waals surface area contributed by atoms with E-state index in [0.717, 1.165) is 5.56 Å². The van der Waals surface area contributed by atoms with Crippen LogP contribution in [0.25, 0.3) is 10.8 Å². The Kier molecular flexibility index (Phi) is 11.3. The van der Waals surface area contributed by atoms with Gasteiger partial charge in [0.1, 0.15) is 5.75 Å². The maximum atomic E-state index is 12.7. The average Bonchev–Trinajstić information content (AvgIpc) is 2.99. The van der Waals surface area contributed by atoms with Crippen LogP contribution >= 0.6 is 11.6 Å². The van der Waals surface area contributed by atoms with Crippen LogP contribution in [0.15, 0.2) is 54.6 Å². The van der Waals surface area contributed by atoms with E-state index in [0.29, 0.717) is 23.0 Å². The molecule has 0 aliphatic heterocycles. The Morgan fingerprint density at radius 2 is 1.39 bits per heavy atom. The number of halogens is 1. The number of phenols is 1. The largest absolute Gasteiger partial charge is 0.506 e. The molecule has 0 spiro atoms. The quantitative estimate of drug-likeness (QED) is 0.295. The van der Waals surface area contributed by atoms with Gasteiger partial charge in [-0.3, -0.25) is 20.4 Å². The molecule has 3 aromatic carbocycles. The molecule has 0 unspecified atom stereocenters. The van der Waals surface area contributed by atoms with Crippen LogP contribution in [0.3, 0.4) is 0 Å². The summed E-state index contributed by atoms with van der Waals surface area (Å²) in [6.07, 6.45) is 0. The summed E-state index contributed by atoms with van der Waals surface area (Å²) in [5.74, 6) is 32.3. The summed E-state index contributed by atoms with van der Waals surface area (Å²) in [5, 5.41) is 15.3. The predicted molar refractivity (Wildman–Crippen MR) is 160 cm³/mol. The normalized spacial score (nSPS) is 8.24. The number of fused-ring (bicyclic) bond motifs is 1. The fourth-order valence-electron chi connectivity index (χ4n) is 3.21. The lowest BCUT2D eigenvalue weighted by Crippen LogP contribution is -2.41. The van der Waals surface area contributed by atoms with Crippen molar-refractivity contribution in [2.75, 3.05) is 5.32 Å². The molecule has 0 bridgehead atoms. The maximum Gasteiger partial charge on any atom is 0.315 e. The van der Waals surface area contributed by atoms with Gasteiger partial charge in [-0.15, -0.1) is 0 Å². The second kappa shape index (κ2) is 15.8. The van der Waals surface area contributed by atoms with Gasteiger partial charge in [0.15, 0.2) is 0 Å². The van der Waals surface area contributed by atoms with Gasteiger partial charge >= 0.3 is 5.91 Å².